The van der Waals surface area contributed by atoms with Gasteiger partial charge in [0.25, 0.3) is 5.91 Å². The molecule has 0 aliphatic heterocycles. The molecule has 0 radical (unpaired) electrons. The Hall–Kier alpha value is -3.18. The highest BCUT2D eigenvalue weighted by molar-refractivity contribution is 6.04. The molecule has 27 heavy (non-hydrogen) atoms. The maximum absolute atomic E-state index is 13.0. The molecule has 1 amide bonds. The Kier molecular flexibility index (Phi) is 5.23. The van der Waals surface area contributed by atoms with Gasteiger partial charge < -0.3 is 10.3 Å². The van der Waals surface area contributed by atoms with E-state index in [4.69, 9.17) is 0 Å². The predicted molar refractivity (Wildman–Crippen MR) is 108 cm³/mol. The molecule has 6 heteroatoms. The van der Waals surface area contributed by atoms with Gasteiger partial charge in [-0.1, -0.05) is 18.2 Å². The van der Waals surface area contributed by atoms with Gasteiger partial charge in [-0.25, -0.2) is 9.37 Å². The van der Waals surface area contributed by atoms with E-state index >= 15 is 0 Å². The van der Waals surface area contributed by atoms with E-state index in [9.17, 15) is 9.18 Å². The number of rotatable bonds is 3. The van der Waals surface area contributed by atoms with E-state index in [1.165, 1.54) is 24.3 Å². The maximum Gasteiger partial charge on any atom is 0.255 e. The van der Waals surface area contributed by atoms with Crippen LogP contribution in [0.3, 0.4) is 0 Å². The molecule has 4 nitrogen and oxygen atoms in total. The minimum absolute atomic E-state index is 0. The fraction of sp³-hybridized carbons (Fsp3) is 0.0476. The normalized spacial score (nSPS) is 10.4. The molecular weight excluding hydrogens is 365 g/mol. The molecular formula is C21H17ClFN3O. The van der Waals surface area contributed by atoms with Crippen LogP contribution in [0.4, 0.5) is 10.1 Å². The number of hydrogen-bond acceptors (Lipinski definition) is 2. The molecule has 136 valence electrons. The van der Waals surface area contributed by atoms with Crippen LogP contribution in [-0.2, 0) is 0 Å². The summed E-state index contributed by atoms with van der Waals surface area (Å²) in [5.41, 5.74) is 4.94. The maximum atomic E-state index is 13.0. The highest BCUT2D eigenvalue weighted by Crippen LogP contribution is 2.24. The van der Waals surface area contributed by atoms with Gasteiger partial charge in [0.15, 0.2) is 0 Å². The number of anilines is 1. The molecule has 1 aromatic heterocycles. The molecule has 0 saturated carbocycles. The third-order valence-electron chi connectivity index (χ3n) is 4.14. The van der Waals surface area contributed by atoms with E-state index in [2.05, 4.69) is 15.3 Å². The van der Waals surface area contributed by atoms with E-state index in [0.717, 1.165) is 28.0 Å². The van der Waals surface area contributed by atoms with Crippen LogP contribution in [0.1, 0.15) is 15.9 Å². The van der Waals surface area contributed by atoms with Crippen LogP contribution in [0, 0.1) is 12.7 Å². The number of hydrogen-bond donors (Lipinski definition) is 2. The molecule has 0 bridgehead atoms. The molecule has 0 fully saturated rings. The molecule has 0 aliphatic rings. The van der Waals surface area contributed by atoms with Gasteiger partial charge in [0.05, 0.1) is 11.0 Å². The first-order chi connectivity index (χ1) is 12.6. The number of halogens is 2. The lowest BCUT2D eigenvalue weighted by atomic mass is 10.1. The third kappa shape index (κ3) is 3.99. The van der Waals surface area contributed by atoms with Crippen LogP contribution in [0.15, 0.2) is 66.7 Å². The Labute approximate surface area is 161 Å². The zero-order valence-corrected chi connectivity index (χ0v) is 15.3. The number of aryl methyl sites for hydroxylation is 1. The molecule has 2 N–H and O–H groups in total. The fourth-order valence-corrected chi connectivity index (χ4v) is 2.81. The monoisotopic (exact) mass is 381 g/mol. The molecule has 0 atom stereocenters. The molecule has 4 rings (SSSR count). The van der Waals surface area contributed by atoms with Crippen molar-refractivity contribution in [2.45, 2.75) is 6.92 Å². The number of amides is 1. The molecule has 0 unspecified atom stereocenters. The largest absolute Gasteiger partial charge is 0.338 e. The summed E-state index contributed by atoms with van der Waals surface area (Å²) in [7, 11) is 0. The van der Waals surface area contributed by atoms with Gasteiger partial charge in [-0.2, -0.15) is 0 Å². The highest BCUT2D eigenvalue weighted by Gasteiger charge is 2.09. The Bertz CT molecular complexity index is 1110. The molecule has 0 saturated heterocycles. The first kappa shape index (κ1) is 18.6. The first-order valence-corrected chi connectivity index (χ1v) is 8.22. The molecule has 3 aromatic carbocycles. The van der Waals surface area contributed by atoms with Gasteiger partial charge in [-0.15, -0.1) is 12.4 Å². The highest BCUT2D eigenvalue weighted by atomic mass is 35.5. The van der Waals surface area contributed by atoms with Crippen LogP contribution in [0.25, 0.3) is 22.4 Å². The quantitative estimate of drug-likeness (QED) is 0.502. The van der Waals surface area contributed by atoms with Gasteiger partial charge in [0.2, 0.25) is 0 Å². The Morgan fingerprint density at radius 2 is 1.81 bits per heavy atom. The van der Waals surface area contributed by atoms with Crippen molar-refractivity contribution in [3.05, 3.63) is 83.7 Å². The summed E-state index contributed by atoms with van der Waals surface area (Å²) in [6, 6.07) is 18.9. The number of carbonyl (C=O) groups is 1. The van der Waals surface area contributed by atoms with Crippen molar-refractivity contribution in [1.29, 1.82) is 0 Å². The average Bonchev–Trinajstić information content (AvgIpc) is 3.05. The number of aromatic amines is 1. The lowest BCUT2D eigenvalue weighted by molar-refractivity contribution is 0.102. The Morgan fingerprint density at radius 1 is 1.04 bits per heavy atom. The van der Waals surface area contributed by atoms with Crippen LogP contribution in [-0.4, -0.2) is 15.9 Å². The lowest BCUT2D eigenvalue weighted by Crippen LogP contribution is -2.11. The number of benzene rings is 3. The van der Waals surface area contributed by atoms with Crippen molar-refractivity contribution in [2.75, 3.05) is 5.32 Å². The summed E-state index contributed by atoms with van der Waals surface area (Å²) < 4.78 is 13.0. The number of imidazole rings is 1. The van der Waals surface area contributed by atoms with Crippen LogP contribution in [0.2, 0.25) is 0 Å². The van der Waals surface area contributed by atoms with Crippen LogP contribution < -0.4 is 5.32 Å². The second-order valence-corrected chi connectivity index (χ2v) is 6.15. The molecule has 0 aliphatic carbocycles. The van der Waals surface area contributed by atoms with E-state index in [0.29, 0.717) is 11.3 Å². The summed E-state index contributed by atoms with van der Waals surface area (Å²) in [4.78, 5) is 20.2. The van der Waals surface area contributed by atoms with Gasteiger partial charge in [0.1, 0.15) is 11.6 Å². The van der Waals surface area contributed by atoms with Gasteiger partial charge >= 0.3 is 0 Å². The van der Waals surface area contributed by atoms with Gasteiger partial charge in [0, 0.05) is 16.8 Å². The van der Waals surface area contributed by atoms with Gasteiger partial charge in [-0.05, 0) is 61.0 Å². The minimum Gasteiger partial charge on any atom is -0.338 e. The molecule has 4 aromatic rings. The number of fused-ring (bicyclic) bond motifs is 1. The molecule has 0 spiro atoms. The zero-order chi connectivity index (χ0) is 18.1. The van der Waals surface area contributed by atoms with Crippen molar-refractivity contribution in [2.24, 2.45) is 0 Å². The van der Waals surface area contributed by atoms with E-state index < -0.39 is 0 Å². The number of H-pyrrole nitrogens is 1. The lowest BCUT2D eigenvalue weighted by Gasteiger charge is -2.06. The summed E-state index contributed by atoms with van der Waals surface area (Å²) in [5.74, 6) is 0.0783. The number of carbonyl (C=O) groups excluding carboxylic acids is 1. The zero-order valence-electron chi connectivity index (χ0n) is 14.5. The molecule has 1 heterocycles. The van der Waals surface area contributed by atoms with Crippen LogP contribution >= 0.6 is 12.4 Å². The smallest absolute Gasteiger partial charge is 0.255 e. The SMILES string of the molecule is Cc1ccc2nc(-c3cccc(NC(=O)c4ccc(F)cc4)c3)[nH]c2c1.Cl. The summed E-state index contributed by atoms with van der Waals surface area (Å²) in [5, 5.41) is 2.83. The fourth-order valence-electron chi connectivity index (χ4n) is 2.81. The Balaban J connectivity index is 0.00000210. The average molecular weight is 382 g/mol. The summed E-state index contributed by atoms with van der Waals surface area (Å²) >= 11 is 0. The second kappa shape index (κ2) is 7.60. The topological polar surface area (TPSA) is 57.8 Å². The van der Waals surface area contributed by atoms with Crippen molar-refractivity contribution < 1.29 is 9.18 Å². The minimum atomic E-state index is -0.372. The number of aromatic nitrogens is 2. The van der Waals surface area contributed by atoms with Crippen LogP contribution in [0.5, 0.6) is 0 Å². The third-order valence-corrected chi connectivity index (χ3v) is 4.14. The van der Waals surface area contributed by atoms with Crippen molar-refractivity contribution >= 4 is 35.0 Å². The number of nitrogens with zero attached hydrogens (tertiary/aromatic N) is 1. The predicted octanol–water partition coefficient (Wildman–Crippen LogP) is 5.35. The van der Waals surface area contributed by atoms with Crippen molar-refractivity contribution in [3.63, 3.8) is 0 Å². The Morgan fingerprint density at radius 3 is 2.59 bits per heavy atom. The van der Waals surface area contributed by atoms with E-state index in [1.807, 2.05) is 43.3 Å². The van der Waals surface area contributed by atoms with Crippen molar-refractivity contribution in [1.82, 2.24) is 9.97 Å². The second-order valence-electron chi connectivity index (χ2n) is 6.15. The van der Waals surface area contributed by atoms with Gasteiger partial charge in [-0.3, -0.25) is 4.79 Å². The standard InChI is InChI=1S/C21H16FN3O.ClH/c1-13-5-10-18-19(11-13)25-20(24-18)15-3-2-4-17(12-15)23-21(26)14-6-8-16(22)9-7-14;/h2-12H,1H3,(H,23,26)(H,24,25);1H. The van der Waals surface area contributed by atoms with E-state index in [1.54, 1.807) is 6.07 Å². The van der Waals surface area contributed by atoms with E-state index in [-0.39, 0.29) is 24.1 Å². The van der Waals surface area contributed by atoms with Crippen molar-refractivity contribution in [3.8, 4) is 11.4 Å². The first-order valence-electron chi connectivity index (χ1n) is 8.22. The summed E-state index contributed by atoms with van der Waals surface area (Å²) in [6.07, 6.45) is 0. The number of nitrogens with one attached hydrogen (secondary N) is 2. The summed E-state index contributed by atoms with van der Waals surface area (Å²) in [6.45, 7) is 2.03.